The summed E-state index contributed by atoms with van der Waals surface area (Å²) in [5, 5.41) is 1.97. The summed E-state index contributed by atoms with van der Waals surface area (Å²) >= 11 is 10.8. The van der Waals surface area contributed by atoms with Crippen molar-refractivity contribution >= 4 is 35.6 Å². The van der Waals surface area contributed by atoms with Crippen LogP contribution < -0.4 is 5.32 Å². The van der Waals surface area contributed by atoms with Gasteiger partial charge < -0.3 is 10.1 Å². The molecule has 1 aliphatic rings. The number of esters is 1. The monoisotopic (exact) mass is 195 g/mol. The maximum Gasteiger partial charge on any atom is 0.353 e. The van der Waals surface area contributed by atoms with Crippen LogP contribution in [0.4, 0.5) is 0 Å². The molecule has 1 unspecified atom stereocenters. The SMILES string of the molecule is O=CNC1OC(=O)C(Cl)=C1Cl. The van der Waals surface area contributed by atoms with Gasteiger partial charge in [-0.15, -0.1) is 0 Å². The molecule has 60 valence electrons. The van der Waals surface area contributed by atoms with E-state index in [1.807, 2.05) is 0 Å². The van der Waals surface area contributed by atoms with E-state index in [0.717, 1.165) is 0 Å². The zero-order valence-electron chi connectivity index (χ0n) is 5.14. The van der Waals surface area contributed by atoms with Gasteiger partial charge in [0.1, 0.15) is 10.1 Å². The predicted octanol–water partition coefficient (Wildman–Crippen LogP) is 0.304. The number of nitrogens with one attached hydrogen (secondary N) is 1. The third-order valence-electron chi connectivity index (χ3n) is 1.06. The molecule has 4 nitrogen and oxygen atoms in total. The van der Waals surface area contributed by atoms with Crippen LogP contribution in [-0.2, 0) is 14.3 Å². The summed E-state index contributed by atoms with van der Waals surface area (Å²) in [6.45, 7) is 0. The molecular weight excluding hydrogens is 193 g/mol. The number of carbonyl (C=O) groups is 2. The van der Waals surface area contributed by atoms with Gasteiger partial charge in [-0.3, -0.25) is 4.79 Å². The molecule has 0 saturated heterocycles. The molecule has 0 fully saturated rings. The van der Waals surface area contributed by atoms with E-state index in [4.69, 9.17) is 23.2 Å². The lowest BCUT2D eigenvalue weighted by atomic mass is 10.5. The Labute approximate surface area is 72.1 Å². The van der Waals surface area contributed by atoms with Gasteiger partial charge in [0, 0.05) is 0 Å². The van der Waals surface area contributed by atoms with Gasteiger partial charge >= 0.3 is 5.97 Å². The average molecular weight is 196 g/mol. The molecule has 0 saturated carbocycles. The Balaban J connectivity index is 2.76. The van der Waals surface area contributed by atoms with Crippen LogP contribution in [0.2, 0.25) is 0 Å². The first-order chi connectivity index (χ1) is 5.16. The Morgan fingerprint density at radius 1 is 1.55 bits per heavy atom. The van der Waals surface area contributed by atoms with Gasteiger partial charge in [0.2, 0.25) is 12.6 Å². The van der Waals surface area contributed by atoms with Crippen LogP contribution in [0.5, 0.6) is 0 Å². The summed E-state index contributed by atoms with van der Waals surface area (Å²) in [6.07, 6.45) is -0.551. The summed E-state index contributed by atoms with van der Waals surface area (Å²) in [5.74, 6) is -0.726. The fraction of sp³-hybridized carbons (Fsp3) is 0.200. The van der Waals surface area contributed by atoms with Gasteiger partial charge in [0.05, 0.1) is 0 Å². The Morgan fingerprint density at radius 3 is 2.55 bits per heavy atom. The van der Waals surface area contributed by atoms with E-state index in [2.05, 4.69) is 10.1 Å². The highest BCUT2D eigenvalue weighted by Crippen LogP contribution is 2.26. The van der Waals surface area contributed by atoms with Gasteiger partial charge in [-0.05, 0) is 0 Å². The molecule has 1 aliphatic heterocycles. The lowest BCUT2D eigenvalue weighted by Gasteiger charge is -2.06. The van der Waals surface area contributed by atoms with Gasteiger partial charge in [-0.2, -0.15) is 0 Å². The third-order valence-corrected chi connectivity index (χ3v) is 1.91. The van der Waals surface area contributed by atoms with E-state index >= 15 is 0 Å². The maximum absolute atomic E-state index is 10.6. The molecule has 1 rings (SSSR count). The van der Waals surface area contributed by atoms with Crippen molar-refractivity contribution in [2.45, 2.75) is 6.23 Å². The highest BCUT2D eigenvalue weighted by molar-refractivity contribution is 6.48. The van der Waals surface area contributed by atoms with Crippen LogP contribution in [0.1, 0.15) is 0 Å². The fourth-order valence-electron chi connectivity index (χ4n) is 0.592. The van der Waals surface area contributed by atoms with Crippen LogP contribution >= 0.6 is 23.2 Å². The molecule has 1 amide bonds. The third kappa shape index (κ3) is 1.46. The smallest absolute Gasteiger partial charge is 0.353 e. The van der Waals surface area contributed by atoms with Crippen molar-refractivity contribution in [3.05, 3.63) is 10.1 Å². The molecule has 1 heterocycles. The van der Waals surface area contributed by atoms with Crippen LogP contribution in [0.3, 0.4) is 0 Å². The zero-order chi connectivity index (χ0) is 8.43. The maximum atomic E-state index is 10.6. The largest absolute Gasteiger partial charge is 0.432 e. The molecule has 0 aromatic carbocycles. The Bertz CT molecular complexity index is 238. The first kappa shape index (κ1) is 8.36. The number of rotatable bonds is 2. The molecule has 0 bridgehead atoms. The first-order valence-electron chi connectivity index (χ1n) is 2.62. The van der Waals surface area contributed by atoms with Crippen molar-refractivity contribution in [1.29, 1.82) is 0 Å². The molecule has 1 N–H and O–H groups in total. The van der Waals surface area contributed by atoms with Crippen molar-refractivity contribution < 1.29 is 14.3 Å². The number of amides is 1. The minimum absolute atomic E-state index is 0.00349. The molecule has 11 heavy (non-hydrogen) atoms. The molecule has 6 heteroatoms. The summed E-state index contributed by atoms with van der Waals surface area (Å²) in [6, 6.07) is 0. The minimum atomic E-state index is -0.922. The number of hydrogen-bond acceptors (Lipinski definition) is 3. The highest BCUT2D eigenvalue weighted by atomic mass is 35.5. The highest BCUT2D eigenvalue weighted by Gasteiger charge is 2.31. The predicted molar refractivity (Wildman–Crippen MR) is 37.8 cm³/mol. The topological polar surface area (TPSA) is 55.4 Å². The molecule has 0 spiro atoms. The second-order valence-corrected chi connectivity index (χ2v) is 2.52. The second-order valence-electron chi connectivity index (χ2n) is 1.73. The normalized spacial score (nSPS) is 23.5. The molecule has 1 atom stereocenters. The summed E-state index contributed by atoms with van der Waals surface area (Å²) in [4.78, 5) is 20.5. The quantitative estimate of drug-likeness (QED) is 0.510. The molecular formula is C5H3Cl2NO3. The van der Waals surface area contributed by atoms with Gasteiger partial charge in [-0.1, -0.05) is 23.2 Å². The standard InChI is InChI=1S/C5H3Cl2NO3/c6-2-3(7)5(10)11-4(2)8-1-9/h1,4H,(H,8,9). The van der Waals surface area contributed by atoms with Crippen LogP contribution in [0.15, 0.2) is 10.1 Å². The van der Waals surface area contributed by atoms with Crippen molar-refractivity contribution in [2.75, 3.05) is 0 Å². The van der Waals surface area contributed by atoms with E-state index < -0.39 is 12.2 Å². The molecule has 0 radical (unpaired) electrons. The summed E-state index contributed by atoms with van der Waals surface area (Å²) in [5.41, 5.74) is 0. The van der Waals surface area contributed by atoms with Crippen molar-refractivity contribution in [3.8, 4) is 0 Å². The zero-order valence-corrected chi connectivity index (χ0v) is 6.65. The lowest BCUT2D eigenvalue weighted by molar-refractivity contribution is -0.140. The number of ether oxygens (including phenoxy) is 1. The van der Waals surface area contributed by atoms with Gasteiger partial charge in [0.15, 0.2) is 0 Å². The molecule has 0 aliphatic carbocycles. The Hall–Kier alpha value is -0.740. The Kier molecular flexibility index (Phi) is 2.36. The average Bonchev–Trinajstić information content (AvgIpc) is 2.19. The molecule has 0 aromatic rings. The molecule has 0 aromatic heterocycles. The Morgan fingerprint density at radius 2 is 2.18 bits per heavy atom. The van der Waals surface area contributed by atoms with Crippen molar-refractivity contribution in [1.82, 2.24) is 5.32 Å². The van der Waals surface area contributed by atoms with E-state index in [9.17, 15) is 9.59 Å². The number of carbonyl (C=O) groups excluding carboxylic acids is 2. The summed E-state index contributed by atoms with van der Waals surface area (Å²) < 4.78 is 4.51. The van der Waals surface area contributed by atoms with Crippen LogP contribution in [0, 0.1) is 0 Å². The number of cyclic esters (lactones) is 1. The van der Waals surface area contributed by atoms with Crippen LogP contribution in [0.25, 0.3) is 0 Å². The van der Waals surface area contributed by atoms with Crippen molar-refractivity contribution in [2.24, 2.45) is 0 Å². The van der Waals surface area contributed by atoms with E-state index in [1.165, 1.54) is 0 Å². The minimum Gasteiger partial charge on any atom is -0.432 e. The van der Waals surface area contributed by atoms with Crippen molar-refractivity contribution in [3.63, 3.8) is 0 Å². The first-order valence-corrected chi connectivity index (χ1v) is 3.38. The van der Waals surface area contributed by atoms with Crippen LogP contribution in [-0.4, -0.2) is 18.6 Å². The van der Waals surface area contributed by atoms with E-state index in [-0.39, 0.29) is 10.1 Å². The van der Waals surface area contributed by atoms with Gasteiger partial charge in [0.25, 0.3) is 0 Å². The van der Waals surface area contributed by atoms with E-state index in [0.29, 0.717) is 6.41 Å². The van der Waals surface area contributed by atoms with E-state index in [1.54, 1.807) is 0 Å². The van der Waals surface area contributed by atoms with Gasteiger partial charge in [-0.25, -0.2) is 4.79 Å². The second kappa shape index (κ2) is 3.11. The number of halogens is 2. The summed E-state index contributed by atoms with van der Waals surface area (Å²) in [7, 11) is 0. The number of hydrogen-bond donors (Lipinski definition) is 1. The lowest BCUT2D eigenvalue weighted by Crippen LogP contribution is -2.28. The fourth-order valence-corrected chi connectivity index (χ4v) is 0.920.